The van der Waals surface area contributed by atoms with Gasteiger partial charge in [0.1, 0.15) is 0 Å². The highest BCUT2D eigenvalue weighted by atomic mass is 16.3. The molecule has 0 radical (unpaired) electrons. The van der Waals surface area contributed by atoms with Crippen LogP contribution >= 0.6 is 0 Å². The molecule has 0 heterocycles. The van der Waals surface area contributed by atoms with Gasteiger partial charge in [0.15, 0.2) is 0 Å². The zero-order chi connectivity index (χ0) is 13.2. The number of benzene rings is 1. The number of aliphatic hydroxyl groups excluding tert-OH is 1. The summed E-state index contributed by atoms with van der Waals surface area (Å²) in [7, 11) is 1.82. The van der Waals surface area contributed by atoms with Crippen molar-refractivity contribution in [2.24, 2.45) is 0 Å². The van der Waals surface area contributed by atoms with Crippen molar-refractivity contribution >= 4 is 5.91 Å². The predicted molar refractivity (Wildman–Crippen MR) is 72.4 cm³/mol. The van der Waals surface area contributed by atoms with Gasteiger partial charge in [-0.25, -0.2) is 0 Å². The fraction of sp³-hybridized carbons (Fsp3) is 0.500. The van der Waals surface area contributed by atoms with Gasteiger partial charge < -0.3 is 10.4 Å². The van der Waals surface area contributed by atoms with Gasteiger partial charge in [-0.2, -0.15) is 0 Å². The number of nitrogens with zero attached hydrogens (tertiary/aromatic N) is 1. The number of amides is 1. The summed E-state index contributed by atoms with van der Waals surface area (Å²) in [5.41, 5.74) is 1.30. The van der Waals surface area contributed by atoms with Crippen LogP contribution in [0.15, 0.2) is 30.3 Å². The Kier molecular flexibility index (Phi) is 7.06. The lowest BCUT2D eigenvalue weighted by Crippen LogP contribution is -2.36. The summed E-state index contributed by atoms with van der Waals surface area (Å²) in [6.45, 7) is 1.64. The minimum Gasteiger partial charge on any atom is -0.395 e. The monoisotopic (exact) mass is 250 g/mol. The largest absolute Gasteiger partial charge is 0.395 e. The number of carbonyl (C=O) groups is 1. The van der Waals surface area contributed by atoms with Crippen LogP contribution in [0.4, 0.5) is 0 Å². The third kappa shape index (κ3) is 6.37. The van der Waals surface area contributed by atoms with Crippen molar-refractivity contribution in [3.8, 4) is 0 Å². The lowest BCUT2D eigenvalue weighted by atomic mass is 10.1. The van der Waals surface area contributed by atoms with Gasteiger partial charge in [0.2, 0.25) is 5.91 Å². The van der Waals surface area contributed by atoms with Crippen molar-refractivity contribution in [2.75, 3.05) is 33.3 Å². The quantitative estimate of drug-likeness (QED) is 0.666. The molecule has 0 saturated heterocycles. The summed E-state index contributed by atoms with van der Waals surface area (Å²) in [5.74, 6) is 0.0130. The smallest absolute Gasteiger partial charge is 0.234 e. The van der Waals surface area contributed by atoms with Crippen LogP contribution in [-0.4, -0.2) is 49.2 Å². The molecule has 1 aromatic rings. The molecule has 1 rings (SSSR count). The van der Waals surface area contributed by atoms with Crippen molar-refractivity contribution in [2.45, 2.75) is 12.8 Å². The second kappa shape index (κ2) is 8.66. The molecule has 0 spiro atoms. The van der Waals surface area contributed by atoms with Crippen LogP contribution in [0.25, 0.3) is 0 Å². The molecule has 18 heavy (non-hydrogen) atoms. The van der Waals surface area contributed by atoms with Crippen LogP contribution in [0, 0.1) is 0 Å². The highest BCUT2D eigenvalue weighted by Gasteiger charge is 2.04. The molecule has 2 N–H and O–H groups in total. The molecular weight excluding hydrogens is 228 g/mol. The van der Waals surface area contributed by atoms with Gasteiger partial charge in [0.05, 0.1) is 13.2 Å². The van der Waals surface area contributed by atoms with Gasteiger partial charge >= 0.3 is 0 Å². The Morgan fingerprint density at radius 2 is 2.06 bits per heavy atom. The molecule has 0 atom stereocenters. The molecule has 0 aliphatic rings. The van der Waals surface area contributed by atoms with Crippen LogP contribution in [-0.2, 0) is 11.2 Å². The Bertz CT molecular complexity index is 341. The minimum absolute atomic E-state index is 0.0130. The van der Waals surface area contributed by atoms with Crippen molar-refractivity contribution in [3.05, 3.63) is 35.9 Å². The fourth-order valence-corrected chi connectivity index (χ4v) is 1.72. The van der Waals surface area contributed by atoms with E-state index in [0.717, 1.165) is 12.8 Å². The van der Waals surface area contributed by atoms with Gasteiger partial charge in [-0.15, -0.1) is 0 Å². The molecule has 0 fully saturated rings. The van der Waals surface area contributed by atoms with Crippen LogP contribution in [0.1, 0.15) is 12.0 Å². The number of aliphatic hydroxyl groups is 1. The molecule has 0 bridgehead atoms. The van der Waals surface area contributed by atoms with Gasteiger partial charge in [0, 0.05) is 13.1 Å². The van der Waals surface area contributed by atoms with Gasteiger partial charge in [-0.1, -0.05) is 30.3 Å². The second-order valence-electron chi connectivity index (χ2n) is 4.40. The van der Waals surface area contributed by atoms with Crippen LogP contribution in [0.2, 0.25) is 0 Å². The van der Waals surface area contributed by atoms with E-state index in [9.17, 15) is 4.79 Å². The first-order chi connectivity index (χ1) is 8.72. The van der Waals surface area contributed by atoms with E-state index in [1.807, 2.05) is 25.2 Å². The van der Waals surface area contributed by atoms with E-state index in [1.54, 1.807) is 4.90 Å². The Morgan fingerprint density at radius 3 is 2.72 bits per heavy atom. The summed E-state index contributed by atoms with van der Waals surface area (Å²) in [4.78, 5) is 13.3. The number of hydrogen-bond donors (Lipinski definition) is 2. The first-order valence-corrected chi connectivity index (χ1v) is 6.32. The van der Waals surface area contributed by atoms with E-state index in [2.05, 4.69) is 17.4 Å². The summed E-state index contributed by atoms with van der Waals surface area (Å²) >= 11 is 0. The maximum atomic E-state index is 11.5. The van der Waals surface area contributed by atoms with Crippen molar-refractivity contribution in [1.29, 1.82) is 0 Å². The van der Waals surface area contributed by atoms with Gasteiger partial charge in [0.25, 0.3) is 0 Å². The molecule has 4 heteroatoms. The molecule has 1 amide bonds. The van der Waals surface area contributed by atoms with Crippen molar-refractivity contribution < 1.29 is 9.90 Å². The third-order valence-corrected chi connectivity index (χ3v) is 2.70. The predicted octanol–water partition coefficient (Wildman–Crippen LogP) is 0.659. The zero-order valence-corrected chi connectivity index (χ0v) is 10.9. The first kappa shape index (κ1) is 14.7. The molecule has 0 saturated carbocycles. The number of aryl methyl sites for hydroxylation is 1. The standard InChI is InChI=1S/C14H22N2O2/c1-16(10-11-17)12-14(18)15-9-5-8-13-6-3-2-4-7-13/h2-4,6-7,17H,5,8-12H2,1H3,(H,15,18). The van der Waals surface area contributed by atoms with E-state index < -0.39 is 0 Å². The molecule has 4 nitrogen and oxygen atoms in total. The number of hydrogen-bond acceptors (Lipinski definition) is 3. The summed E-state index contributed by atoms with van der Waals surface area (Å²) in [5, 5.41) is 11.6. The Morgan fingerprint density at radius 1 is 1.33 bits per heavy atom. The third-order valence-electron chi connectivity index (χ3n) is 2.70. The number of rotatable bonds is 8. The highest BCUT2D eigenvalue weighted by Crippen LogP contribution is 2.01. The lowest BCUT2D eigenvalue weighted by Gasteiger charge is -2.14. The summed E-state index contributed by atoms with van der Waals surface area (Å²) in [6.07, 6.45) is 1.92. The molecule has 1 aromatic carbocycles. The van der Waals surface area contributed by atoms with Crippen LogP contribution in [0.5, 0.6) is 0 Å². The molecule has 0 aromatic heterocycles. The lowest BCUT2D eigenvalue weighted by molar-refractivity contribution is -0.122. The van der Waals surface area contributed by atoms with E-state index in [0.29, 0.717) is 19.6 Å². The minimum atomic E-state index is 0.0130. The zero-order valence-electron chi connectivity index (χ0n) is 10.9. The first-order valence-electron chi connectivity index (χ1n) is 6.32. The maximum absolute atomic E-state index is 11.5. The van der Waals surface area contributed by atoms with E-state index in [4.69, 9.17) is 5.11 Å². The van der Waals surface area contributed by atoms with Crippen molar-refractivity contribution in [1.82, 2.24) is 10.2 Å². The Balaban J connectivity index is 2.09. The Labute approximate surface area is 109 Å². The van der Waals surface area contributed by atoms with E-state index in [-0.39, 0.29) is 12.5 Å². The molecular formula is C14H22N2O2. The molecule has 100 valence electrons. The maximum Gasteiger partial charge on any atom is 0.234 e. The normalized spacial score (nSPS) is 10.6. The summed E-state index contributed by atoms with van der Waals surface area (Å²) in [6, 6.07) is 10.2. The number of nitrogens with one attached hydrogen (secondary N) is 1. The van der Waals surface area contributed by atoms with Crippen LogP contribution < -0.4 is 5.32 Å². The SMILES string of the molecule is CN(CCO)CC(=O)NCCCc1ccccc1. The van der Waals surface area contributed by atoms with Crippen LogP contribution in [0.3, 0.4) is 0 Å². The number of likely N-dealkylation sites (N-methyl/N-ethyl adjacent to an activating group) is 1. The molecule has 0 aliphatic heterocycles. The second-order valence-corrected chi connectivity index (χ2v) is 4.40. The van der Waals surface area contributed by atoms with E-state index >= 15 is 0 Å². The van der Waals surface area contributed by atoms with Gasteiger partial charge in [-0.3, -0.25) is 9.69 Å². The molecule has 0 unspecified atom stereocenters. The highest BCUT2D eigenvalue weighted by molar-refractivity contribution is 5.77. The topological polar surface area (TPSA) is 52.6 Å². The van der Waals surface area contributed by atoms with Crippen molar-refractivity contribution in [3.63, 3.8) is 0 Å². The van der Waals surface area contributed by atoms with E-state index in [1.165, 1.54) is 5.56 Å². The average Bonchev–Trinajstić information content (AvgIpc) is 2.36. The Hall–Kier alpha value is -1.39. The fourth-order valence-electron chi connectivity index (χ4n) is 1.72. The molecule has 0 aliphatic carbocycles. The number of carbonyl (C=O) groups excluding carboxylic acids is 1. The van der Waals surface area contributed by atoms with Gasteiger partial charge in [-0.05, 0) is 25.5 Å². The average molecular weight is 250 g/mol. The summed E-state index contributed by atoms with van der Waals surface area (Å²) < 4.78 is 0.